The van der Waals surface area contributed by atoms with Crippen LogP contribution in [0.4, 0.5) is 0 Å². The molecule has 1 aromatic carbocycles. The van der Waals surface area contributed by atoms with Gasteiger partial charge in [0, 0.05) is 24.0 Å². The number of halogens is 1. The molecule has 0 unspecified atom stereocenters. The number of aromatic nitrogens is 1. The number of nitrogens with one attached hydrogen (secondary N) is 1. The summed E-state index contributed by atoms with van der Waals surface area (Å²) >= 11 is 5.81. The first kappa shape index (κ1) is 15.0. The van der Waals surface area contributed by atoms with Gasteiger partial charge in [0.25, 0.3) is 5.91 Å². The largest absolute Gasteiger partial charge is 0.384 e. The molecule has 2 N–H and O–H groups in total. The molecule has 2 aromatic rings. The quantitative estimate of drug-likeness (QED) is 0.852. The number of rotatable bonds is 3. The Morgan fingerprint density at radius 2 is 2.05 bits per heavy atom. The summed E-state index contributed by atoms with van der Waals surface area (Å²) < 4.78 is 0. The highest BCUT2D eigenvalue weighted by Gasteiger charge is 2.09. The van der Waals surface area contributed by atoms with Crippen LogP contribution >= 0.6 is 11.6 Å². The fourth-order valence-corrected chi connectivity index (χ4v) is 1.83. The highest BCUT2D eigenvalue weighted by molar-refractivity contribution is 6.30. The zero-order valence-corrected chi connectivity index (χ0v) is 11.9. The molecule has 0 saturated carbocycles. The summed E-state index contributed by atoms with van der Waals surface area (Å²) in [6.07, 6.45) is 3.03. The van der Waals surface area contributed by atoms with Crippen LogP contribution in [0.2, 0.25) is 5.02 Å². The molecule has 1 heterocycles. The Labute approximate surface area is 127 Å². The number of hydrogen-bond acceptors (Lipinski definition) is 3. The van der Waals surface area contributed by atoms with E-state index in [-0.39, 0.29) is 12.5 Å². The van der Waals surface area contributed by atoms with E-state index in [0.717, 1.165) is 5.56 Å². The van der Waals surface area contributed by atoms with Crippen LogP contribution in [-0.2, 0) is 6.54 Å². The minimum absolute atomic E-state index is 0.241. The topological polar surface area (TPSA) is 62.2 Å². The minimum atomic E-state index is -0.263. The average molecular weight is 301 g/mol. The van der Waals surface area contributed by atoms with E-state index in [1.54, 1.807) is 18.2 Å². The standard InChI is InChI=1S/C16H13ClN2O2/c17-14-5-3-12(4-6-14)10-19-16(21)15-7-8-18-11-13(15)2-1-9-20/h3-8,11,20H,9-10H2,(H,19,21). The second-order valence-corrected chi connectivity index (χ2v) is 4.63. The van der Waals surface area contributed by atoms with Crippen molar-refractivity contribution in [1.29, 1.82) is 0 Å². The van der Waals surface area contributed by atoms with Gasteiger partial charge in [0.15, 0.2) is 0 Å². The predicted octanol–water partition coefficient (Wildman–Crippen LogP) is 2.01. The van der Waals surface area contributed by atoms with Gasteiger partial charge in [-0.3, -0.25) is 9.78 Å². The number of hydrogen-bond donors (Lipinski definition) is 2. The van der Waals surface area contributed by atoms with Crippen molar-refractivity contribution in [3.63, 3.8) is 0 Å². The van der Waals surface area contributed by atoms with Gasteiger partial charge in [-0.1, -0.05) is 35.6 Å². The Bertz CT molecular complexity index is 687. The van der Waals surface area contributed by atoms with Crippen molar-refractivity contribution in [1.82, 2.24) is 10.3 Å². The molecule has 0 bridgehead atoms. The highest BCUT2D eigenvalue weighted by Crippen LogP contribution is 2.10. The van der Waals surface area contributed by atoms with Crippen LogP contribution in [0, 0.1) is 11.8 Å². The van der Waals surface area contributed by atoms with E-state index in [0.29, 0.717) is 22.7 Å². The third-order valence-corrected chi connectivity index (χ3v) is 2.99. The number of aliphatic hydroxyl groups excluding tert-OH is 1. The van der Waals surface area contributed by atoms with E-state index in [2.05, 4.69) is 22.1 Å². The molecule has 0 atom stereocenters. The van der Waals surface area contributed by atoms with Gasteiger partial charge in [-0.15, -0.1) is 0 Å². The first-order valence-electron chi connectivity index (χ1n) is 6.27. The van der Waals surface area contributed by atoms with Crippen molar-refractivity contribution in [2.45, 2.75) is 6.54 Å². The van der Waals surface area contributed by atoms with Gasteiger partial charge in [-0.25, -0.2) is 0 Å². The molecule has 1 aromatic heterocycles. The zero-order valence-electron chi connectivity index (χ0n) is 11.1. The average Bonchev–Trinajstić information content (AvgIpc) is 2.52. The third kappa shape index (κ3) is 4.32. The molecular weight excluding hydrogens is 288 g/mol. The molecular formula is C16H13ClN2O2. The second-order valence-electron chi connectivity index (χ2n) is 4.19. The molecule has 0 radical (unpaired) electrons. The summed E-state index contributed by atoms with van der Waals surface area (Å²) in [5.41, 5.74) is 1.87. The summed E-state index contributed by atoms with van der Waals surface area (Å²) in [6.45, 7) is 0.131. The fraction of sp³-hybridized carbons (Fsp3) is 0.125. The van der Waals surface area contributed by atoms with E-state index in [4.69, 9.17) is 16.7 Å². The molecule has 4 nitrogen and oxygen atoms in total. The Hall–Kier alpha value is -2.35. The van der Waals surface area contributed by atoms with Gasteiger partial charge < -0.3 is 10.4 Å². The Morgan fingerprint density at radius 1 is 1.29 bits per heavy atom. The van der Waals surface area contributed by atoms with Crippen molar-refractivity contribution >= 4 is 17.5 Å². The summed E-state index contributed by atoms with van der Waals surface area (Å²) in [5, 5.41) is 12.2. The molecule has 0 spiro atoms. The number of carbonyl (C=O) groups is 1. The van der Waals surface area contributed by atoms with E-state index < -0.39 is 0 Å². The number of carbonyl (C=O) groups excluding carboxylic acids is 1. The first-order valence-corrected chi connectivity index (χ1v) is 6.65. The van der Waals surface area contributed by atoms with Crippen molar-refractivity contribution in [2.75, 3.05) is 6.61 Å². The maximum absolute atomic E-state index is 12.2. The summed E-state index contributed by atoms with van der Waals surface area (Å²) in [7, 11) is 0. The molecule has 2 rings (SSSR count). The van der Waals surface area contributed by atoms with Crippen LogP contribution < -0.4 is 5.32 Å². The summed E-state index contributed by atoms with van der Waals surface area (Å²) in [4.78, 5) is 16.1. The van der Waals surface area contributed by atoms with E-state index in [9.17, 15) is 4.79 Å². The molecule has 21 heavy (non-hydrogen) atoms. The van der Waals surface area contributed by atoms with Gasteiger partial charge in [0.1, 0.15) is 6.61 Å². The lowest BCUT2D eigenvalue weighted by Gasteiger charge is -2.07. The summed E-state index contributed by atoms with van der Waals surface area (Å²) in [5.74, 6) is 4.98. The fourth-order valence-electron chi connectivity index (χ4n) is 1.71. The van der Waals surface area contributed by atoms with Gasteiger partial charge in [0.05, 0.1) is 11.1 Å². The van der Waals surface area contributed by atoms with Gasteiger partial charge in [-0.2, -0.15) is 0 Å². The third-order valence-electron chi connectivity index (χ3n) is 2.73. The van der Waals surface area contributed by atoms with Crippen molar-refractivity contribution in [3.05, 3.63) is 64.4 Å². The van der Waals surface area contributed by atoms with Gasteiger partial charge >= 0.3 is 0 Å². The zero-order chi connectivity index (χ0) is 15.1. The van der Waals surface area contributed by atoms with Gasteiger partial charge in [0.2, 0.25) is 0 Å². The van der Waals surface area contributed by atoms with E-state index >= 15 is 0 Å². The number of pyridine rings is 1. The molecule has 106 valence electrons. The number of amides is 1. The first-order chi connectivity index (χ1) is 10.2. The van der Waals surface area contributed by atoms with Crippen LogP contribution in [-0.4, -0.2) is 22.6 Å². The van der Waals surface area contributed by atoms with Crippen LogP contribution in [0.1, 0.15) is 21.5 Å². The number of aliphatic hydroxyl groups is 1. The highest BCUT2D eigenvalue weighted by atomic mass is 35.5. The summed E-state index contributed by atoms with van der Waals surface area (Å²) in [6, 6.07) is 8.84. The maximum Gasteiger partial charge on any atom is 0.252 e. The van der Waals surface area contributed by atoms with Gasteiger partial charge in [-0.05, 0) is 23.8 Å². The normalized spacial score (nSPS) is 9.62. The molecule has 5 heteroatoms. The predicted molar refractivity (Wildman–Crippen MR) is 80.8 cm³/mol. The molecule has 1 amide bonds. The van der Waals surface area contributed by atoms with Crippen LogP contribution in [0.3, 0.4) is 0 Å². The molecule has 0 aliphatic heterocycles. The monoisotopic (exact) mass is 300 g/mol. The molecule has 0 aliphatic rings. The lowest BCUT2D eigenvalue weighted by Crippen LogP contribution is -2.23. The Morgan fingerprint density at radius 3 is 2.76 bits per heavy atom. The lowest BCUT2D eigenvalue weighted by atomic mass is 10.1. The minimum Gasteiger partial charge on any atom is -0.384 e. The molecule has 0 aliphatic carbocycles. The lowest BCUT2D eigenvalue weighted by molar-refractivity contribution is 0.0950. The Kier molecular flexibility index (Phi) is 5.33. The second kappa shape index (κ2) is 7.44. The van der Waals surface area contributed by atoms with Crippen molar-refractivity contribution in [3.8, 4) is 11.8 Å². The smallest absolute Gasteiger partial charge is 0.252 e. The van der Waals surface area contributed by atoms with E-state index in [1.165, 1.54) is 12.4 Å². The van der Waals surface area contributed by atoms with Crippen LogP contribution in [0.5, 0.6) is 0 Å². The van der Waals surface area contributed by atoms with Crippen molar-refractivity contribution < 1.29 is 9.90 Å². The maximum atomic E-state index is 12.2. The Balaban J connectivity index is 2.08. The number of nitrogens with zero attached hydrogens (tertiary/aromatic N) is 1. The van der Waals surface area contributed by atoms with Crippen molar-refractivity contribution in [2.24, 2.45) is 0 Å². The molecule has 0 fully saturated rings. The van der Waals surface area contributed by atoms with E-state index in [1.807, 2.05) is 12.1 Å². The molecule has 0 saturated heterocycles. The van der Waals surface area contributed by atoms with Crippen LogP contribution in [0.15, 0.2) is 42.7 Å². The van der Waals surface area contributed by atoms with Crippen LogP contribution in [0.25, 0.3) is 0 Å². The SMILES string of the molecule is O=C(NCc1ccc(Cl)cc1)c1ccncc1C#CCO. The number of benzene rings is 1.